The smallest absolute Gasteiger partial charge is 0.0480 e. The average molecular weight is 219 g/mol. The van der Waals surface area contributed by atoms with Gasteiger partial charge in [-0.1, -0.05) is 30.3 Å². The van der Waals surface area contributed by atoms with Crippen LogP contribution in [-0.4, -0.2) is 25.3 Å². The molecule has 0 bridgehead atoms. The highest BCUT2D eigenvalue weighted by atomic mass is 16.5. The summed E-state index contributed by atoms with van der Waals surface area (Å²) in [7, 11) is 0. The van der Waals surface area contributed by atoms with Crippen LogP contribution in [0.2, 0.25) is 0 Å². The van der Waals surface area contributed by atoms with Crippen molar-refractivity contribution in [2.24, 2.45) is 0 Å². The van der Waals surface area contributed by atoms with Crippen molar-refractivity contribution in [3.63, 3.8) is 0 Å². The Morgan fingerprint density at radius 2 is 1.94 bits per heavy atom. The second kappa shape index (κ2) is 6.02. The standard InChI is InChI=1S/C14H21NO/c1-12(11-13-5-3-2-4-6-13)15-14-7-9-16-10-8-14/h2-6,12,14-15H,7-11H2,1H3. The zero-order valence-corrected chi connectivity index (χ0v) is 9.99. The van der Waals surface area contributed by atoms with Crippen LogP contribution in [0.15, 0.2) is 30.3 Å². The van der Waals surface area contributed by atoms with Gasteiger partial charge in [0.1, 0.15) is 0 Å². The first-order chi connectivity index (χ1) is 7.84. The molecule has 1 fully saturated rings. The topological polar surface area (TPSA) is 21.3 Å². The average Bonchev–Trinajstić information content (AvgIpc) is 2.31. The minimum absolute atomic E-state index is 0.547. The minimum atomic E-state index is 0.547. The van der Waals surface area contributed by atoms with Gasteiger partial charge in [0.05, 0.1) is 0 Å². The van der Waals surface area contributed by atoms with Crippen LogP contribution in [0.5, 0.6) is 0 Å². The lowest BCUT2D eigenvalue weighted by atomic mass is 10.0. The van der Waals surface area contributed by atoms with Crippen LogP contribution >= 0.6 is 0 Å². The van der Waals surface area contributed by atoms with E-state index in [-0.39, 0.29) is 0 Å². The molecule has 1 heterocycles. The summed E-state index contributed by atoms with van der Waals surface area (Å²) in [4.78, 5) is 0. The summed E-state index contributed by atoms with van der Waals surface area (Å²) in [6.45, 7) is 4.09. The van der Waals surface area contributed by atoms with Gasteiger partial charge in [0.15, 0.2) is 0 Å². The molecule has 0 saturated carbocycles. The number of rotatable bonds is 4. The van der Waals surface area contributed by atoms with E-state index in [1.54, 1.807) is 0 Å². The second-order valence-corrected chi connectivity index (χ2v) is 4.64. The van der Waals surface area contributed by atoms with E-state index in [1.165, 1.54) is 5.56 Å². The highest BCUT2D eigenvalue weighted by Crippen LogP contribution is 2.09. The van der Waals surface area contributed by atoms with Crippen molar-refractivity contribution in [1.82, 2.24) is 5.32 Å². The maximum atomic E-state index is 5.36. The van der Waals surface area contributed by atoms with E-state index in [0.717, 1.165) is 32.5 Å². The Morgan fingerprint density at radius 1 is 1.25 bits per heavy atom. The Balaban J connectivity index is 1.77. The van der Waals surface area contributed by atoms with E-state index in [4.69, 9.17) is 4.74 Å². The zero-order chi connectivity index (χ0) is 11.2. The SMILES string of the molecule is CC(Cc1ccccc1)NC1CCOCC1. The van der Waals surface area contributed by atoms with E-state index in [9.17, 15) is 0 Å². The van der Waals surface area contributed by atoms with Gasteiger partial charge in [-0.2, -0.15) is 0 Å². The van der Waals surface area contributed by atoms with Crippen LogP contribution in [0.4, 0.5) is 0 Å². The van der Waals surface area contributed by atoms with E-state index in [2.05, 4.69) is 42.6 Å². The van der Waals surface area contributed by atoms with Gasteiger partial charge in [-0.25, -0.2) is 0 Å². The van der Waals surface area contributed by atoms with E-state index < -0.39 is 0 Å². The van der Waals surface area contributed by atoms with E-state index >= 15 is 0 Å². The molecule has 2 nitrogen and oxygen atoms in total. The molecule has 1 unspecified atom stereocenters. The number of benzene rings is 1. The Hall–Kier alpha value is -0.860. The largest absolute Gasteiger partial charge is 0.381 e. The van der Waals surface area contributed by atoms with Crippen LogP contribution in [-0.2, 0) is 11.2 Å². The molecular formula is C14H21NO. The van der Waals surface area contributed by atoms with Crippen LogP contribution in [0.3, 0.4) is 0 Å². The predicted molar refractivity (Wildman–Crippen MR) is 66.6 cm³/mol. The lowest BCUT2D eigenvalue weighted by molar-refractivity contribution is 0.0755. The van der Waals surface area contributed by atoms with E-state index in [1.807, 2.05) is 0 Å². The van der Waals surface area contributed by atoms with Gasteiger partial charge in [-0.05, 0) is 31.7 Å². The molecule has 0 radical (unpaired) electrons. The van der Waals surface area contributed by atoms with Crippen LogP contribution in [0, 0.1) is 0 Å². The summed E-state index contributed by atoms with van der Waals surface area (Å²) in [6.07, 6.45) is 3.41. The maximum absolute atomic E-state index is 5.36. The maximum Gasteiger partial charge on any atom is 0.0480 e. The summed E-state index contributed by atoms with van der Waals surface area (Å²) in [5.74, 6) is 0. The van der Waals surface area contributed by atoms with Crippen molar-refractivity contribution in [2.45, 2.75) is 38.3 Å². The molecule has 2 rings (SSSR count). The summed E-state index contributed by atoms with van der Waals surface area (Å²) in [6, 6.07) is 11.9. The molecule has 1 aromatic rings. The van der Waals surface area contributed by atoms with Crippen molar-refractivity contribution in [1.29, 1.82) is 0 Å². The first kappa shape index (κ1) is 11.6. The summed E-state index contributed by atoms with van der Waals surface area (Å²) < 4.78 is 5.36. The third-order valence-corrected chi connectivity index (χ3v) is 3.13. The molecule has 1 N–H and O–H groups in total. The fraction of sp³-hybridized carbons (Fsp3) is 0.571. The van der Waals surface area contributed by atoms with Crippen LogP contribution in [0.25, 0.3) is 0 Å². The number of hydrogen-bond donors (Lipinski definition) is 1. The van der Waals surface area contributed by atoms with E-state index in [0.29, 0.717) is 12.1 Å². The molecule has 2 heteroatoms. The molecule has 1 saturated heterocycles. The van der Waals surface area contributed by atoms with Gasteiger partial charge < -0.3 is 10.1 Å². The normalized spacial score (nSPS) is 19.6. The highest BCUT2D eigenvalue weighted by Gasteiger charge is 2.15. The van der Waals surface area contributed by atoms with Crippen molar-refractivity contribution in [2.75, 3.05) is 13.2 Å². The molecule has 88 valence electrons. The number of hydrogen-bond acceptors (Lipinski definition) is 2. The number of nitrogens with one attached hydrogen (secondary N) is 1. The molecule has 0 spiro atoms. The van der Waals surface area contributed by atoms with Crippen molar-refractivity contribution in [3.8, 4) is 0 Å². The lowest BCUT2D eigenvalue weighted by Gasteiger charge is -2.26. The Labute approximate surface area is 98.0 Å². The van der Waals surface area contributed by atoms with Crippen LogP contribution in [0.1, 0.15) is 25.3 Å². The molecule has 0 amide bonds. The third kappa shape index (κ3) is 3.62. The predicted octanol–water partition coefficient (Wildman–Crippen LogP) is 2.39. The zero-order valence-electron chi connectivity index (χ0n) is 9.99. The van der Waals surface area contributed by atoms with Crippen molar-refractivity contribution >= 4 is 0 Å². The molecule has 1 aliphatic heterocycles. The van der Waals surface area contributed by atoms with Gasteiger partial charge in [0, 0.05) is 25.3 Å². The molecule has 0 aromatic heterocycles. The van der Waals surface area contributed by atoms with Gasteiger partial charge in [0.25, 0.3) is 0 Å². The molecule has 1 aromatic carbocycles. The molecule has 0 aliphatic carbocycles. The van der Waals surface area contributed by atoms with Gasteiger partial charge in [-0.3, -0.25) is 0 Å². The molecular weight excluding hydrogens is 198 g/mol. The monoisotopic (exact) mass is 219 g/mol. The molecule has 1 atom stereocenters. The Bertz CT molecular complexity index is 293. The van der Waals surface area contributed by atoms with Crippen molar-refractivity contribution in [3.05, 3.63) is 35.9 Å². The Morgan fingerprint density at radius 3 is 2.62 bits per heavy atom. The third-order valence-electron chi connectivity index (χ3n) is 3.13. The summed E-state index contributed by atoms with van der Waals surface area (Å²) in [5, 5.41) is 3.69. The first-order valence-corrected chi connectivity index (χ1v) is 6.22. The summed E-state index contributed by atoms with van der Waals surface area (Å²) >= 11 is 0. The number of ether oxygens (including phenoxy) is 1. The quantitative estimate of drug-likeness (QED) is 0.839. The molecule has 16 heavy (non-hydrogen) atoms. The minimum Gasteiger partial charge on any atom is -0.381 e. The highest BCUT2D eigenvalue weighted by molar-refractivity contribution is 5.15. The van der Waals surface area contributed by atoms with Gasteiger partial charge in [-0.15, -0.1) is 0 Å². The lowest BCUT2D eigenvalue weighted by Crippen LogP contribution is -2.41. The Kier molecular flexibility index (Phi) is 4.37. The fourth-order valence-electron chi connectivity index (χ4n) is 2.29. The summed E-state index contributed by atoms with van der Waals surface area (Å²) in [5.41, 5.74) is 1.41. The second-order valence-electron chi connectivity index (χ2n) is 4.64. The fourth-order valence-corrected chi connectivity index (χ4v) is 2.29. The van der Waals surface area contributed by atoms with Gasteiger partial charge in [0.2, 0.25) is 0 Å². The molecule has 1 aliphatic rings. The van der Waals surface area contributed by atoms with Gasteiger partial charge >= 0.3 is 0 Å². The van der Waals surface area contributed by atoms with Crippen molar-refractivity contribution < 1.29 is 4.74 Å². The van der Waals surface area contributed by atoms with Crippen LogP contribution < -0.4 is 5.32 Å². The first-order valence-electron chi connectivity index (χ1n) is 6.22.